The maximum Gasteiger partial charge on any atom is 0.387 e. The zero-order valence-electron chi connectivity index (χ0n) is 9.96. The van der Waals surface area contributed by atoms with E-state index in [1.807, 2.05) is 0 Å². The summed E-state index contributed by atoms with van der Waals surface area (Å²) >= 11 is 5.86. The molecule has 0 bridgehead atoms. The lowest BCUT2D eigenvalue weighted by atomic mass is 10.2. The lowest BCUT2D eigenvalue weighted by molar-refractivity contribution is -0.0504. The van der Waals surface area contributed by atoms with Crippen LogP contribution < -0.4 is 10.1 Å². The van der Waals surface area contributed by atoms with Crippen molar-refractivity contribution in [2.24, 2.45) is 5.92 Å². The molecule has 2 rings (SSSR count). The zero-order valence-corrected chi connectivity index (χ0v) is 10.7. The van der Waals surface area contributed by atoms with E-state index in [0.717, 1.165) is 18.9 Å². The fourth-order valence-electron chi connectivity index (χ4n) is 1.83. The number of ether oxygens (including phenoxy) is 1. The Morgan fingerprint density at radius 3 is 2.83 bits per heavy atom. The van der Waals surface area contributed by atoms with E-state index in [-0.39, 0.29) is 5.75 Å². The average Bonchev–Trinajstić information content (AvgIpc) is 3.11. The monoisotopic (exact) mass is 275 g/mol. The van der Waals surface area contributed by atoms with E-state index in [1.165, 1.54) is 18.9 Å². The Labute approximate surface area is 110 Å². The molecule has 0 amide bonds. The molecule has 0 aliphatic heterocycles. The summed E-state index contributed by atoms with van der Waals surface area (Å²) in [6, 6.07) is 4.68. The van der Waals surface area contributed by atoms with Gasteiger partial charge in [-0.25, -0.2) is 0 Å². The molecule has 0 atom stereocenters. The van der Waals surface area contributed by atoms with Crippen LogP contribution in [0.5, 0.6) is 5.75 Å². The van der Waals surface area contributed by atoms with Gasteiger partial charge in [-0.3, -0.25) is 0 Å². The van der Waals surface area contributed by atoms with Gasteiger partial charge in [0.2, 0.25) is 0 Å². The number of alkyl halides is 2. The Morgan fingerprint density at radius 2 is 2.17 bits per heavy atom. The van der Waals surface area contributed by atoms with Crippen molar-refractivity contribution in [1.82, 2.24) is 5.32 Å². The van der Waals surface area contributed by atoms with Crippen molar-refractivity contribution >= 4 is 11.6 Å². The fraction of sp³-hybridized carbons (Fsp3) is 0.538. The van der Waals surface area contributed by atoms with Gasteiger partial charge in [0.1, 0.15) is 5.75 Å². The maximum absolute atomic E-state index is 12.2. The van der Waals surface area contributed by atoms with Gasteiger partial charge in [-0.05, 0) is 37.1 Å². The van der Waals surface area contributed by atoms with E-state index in [9.17, 15) is 8.78 Å². The van der Waals surface area contributed by atoms with Crippen molar-refractivity contribution in [3.63, 3.8) is 0 Å². The van der Waals surface area contributed by atoms with Gasteiger partial charge in [0, 0.05) is 17.1 Å². The largest absolute Gasteiger partial charge is 0.434 e. The molecule has 0 heterocycles. The van der Waals surface area contributed by atoms with Crippen LogP contribution in [0.3, 0.4) is 0 Å². The summed E-state index contributed by atoms with van der Waals surface area (Å²) in [6.45, 7) is -1.42. The zero-order chi connectivity index (χ0) is 13.0. The minimum absolute atomic E-state index is 0.188. The quantitative estimate of drug-likeness (QED) is 0.764. The fourth-order valence-corrected chi connectivity index (χ4v) is 2.03. The molecule has 1 aromatic rings. The molecule has 1 aliphatic carbocycles. The van der Waals surface area contributed by atoms with Crippen LogP contribution in [0.1, 0.15) is 24.8 Å². The van der Waals surface area contributed by atoms with Crippen LogP contribution in [0.15, 0.2) is 18.2 Å². The Bertz CT molecular complexity index is 397. The SMILES string of the molecule is FC(F)Oc1ccc(Cl)cc1CNCCC1CC1. The maximum atomic E-state index is 12.2. The van der Waals surface area contributed by atoms with Crippen LogP contribution in [0, 0.1) is 5.92 Å². The number of rotatable bonds is 7. The second-order valence-electron chi connectivity index (χ2n) is 4.54. The van der Waals surface area contributed by atoms with Gasteiger partial charge >= 0.3 is 6.61 Å². The highest BCUT2D eigenvalue weighted by Gasteiger charge is 2.20. The molecule has 1 fully saturated rings. The molecular formula is C13H16ClF2NO. The Morgan fingerprint density at radius 1 is 1.39 bits per heavy atom. The number of halogens is 3. The van der Waals surface area contributed by atoms with Crippen LogP contribution >= 0.6 is 11.6 Å². The minimum atomic E-state index is -2.81. The number of nitrogens with one attached hydrogen (secondary N) is 1. The molecule has 0 aromatic heterocycles. The second-order valence-corrected chi connectivity index (χ2v) is 4.98. The van der Waals surface area contributed by atoms with Crippen LogP contribution in [0.25, 0.3) is 0 Å². The van der Waals surface area contributed by atoms with Crippen LogP contribution in [0.4, 0.5) is 8.78 Å². The van der Waals surface area contributed by atoms with Gasteiger partial charge < -0.3 is 10.1 Å². The van der Waals surface area contributed by atoms with Gasteiger partial charge in [-0.15, -0.1) is 0 Å². The third-order valence-electron chi connectivity index (χ3n) is 2.98. The van der Waals surface area contributed by atoms with Gasteiger partial charge in [0.15, 0.2) is 0 Å². The molecule has 1 N–H and O–H groups in total. The molecule has 5 heteroatoms. The highest BCUT2D eigenvalue weighted by atomic mass is 35.5. The molecule has 100 valence electrons. The van der Waals surface area contributed by atoms with Crippen molar-refractivity contribution in [3.05, 3.63) is 28.8 Å². The average molecular weight is 276 g/mol. The minimum Gasteiger partial charge on any atom is -0.434 e. The summed E-state index contributed by atoms with van der Waals surface area (Å²) < 4.78 is 28.9. The van der Waals surface area contributed by atoms with Crippen molar-refractivity contribution in [3.8, 4) is 5.75 Å². The lowest BCUT2D eigenvalue weighted by Gasteiger charge is -2.12. The molecule has 2 nitrogen and oxygen atoms in total. The highest BCUT2D eigenvalue weighted by Crippen LogP contribution is 2.31. The van der Waals surface area contributed by atoms with Crippen molar-refractivity contribution in [2.45, 2.75) is 32.4 Å². The van der Waals surface area contributed by atoms with E-state index in [1.54, 1.807) is 12.1 Å². The van der Waals surface area contributed by atoms with E-state index in [0.29, 0.717) is 17.1 Å². The molecular weight excluding hydrogens is 260 g/mol. The first-order valence-corrected chi connectivity index (χ1v) is 6.47. The predicted molar refractivity (Wildman–Crippen MR) is 67.1 cm³/mol. The molecule has 1 aromatic carbocycles. The van der Waals surface area contributed by atoms with E-state index in [4.69, 9.17) is 11.6 Å². The summed E-state index contributed by atoms with van der Waals surface area (Å²) in [5.41, 5.74) is 0.665. The van der Waals surface area contributed by atoms with Gasteiger partial charge in [-0.2, -0.15) is 8.78 Å². The molecule has 0 spiro atoms. The summed E-state index contributed by atoms with van der Waals surface area (Å²) in [4.78, 5) is 0. The van der Waals surface area contributed by atoms with Crippen molar-refractivity contribution < 1.29 is 13.5 Å². The smallest absolute Gasteiger partial charge is 0.387 e. The van der Waals surface area contributed by atoms with Crippen LogP contribution in [-0.2, 0) is 6.54 Å². The van der Waals surface area contributed by atoms with Gasteiger partial charge in [0.25, 0.3) is 0 Å². The lowest BCUT2D eigenvalue weighted by Crippen LogP contribution is -2.16. The first-order valence-electron chi connectivity index (χ1n) is 6.09. The summed E-state index contributed by atoms with van der Waals surface area (Å²) in [5, 5.41) is 3.75. The normalized spacial score (nSPS) is 15.1. The first kappa shape index (κ1) is 13.6. The predicted octanol–water partition coefficient (Wildman–Crippen LogP) is 3.83. The molecule has 0 unspecified atom stereocenters. The van der Waals surface area contributed by atoms with Gasteiger partial charge in [0.05, 0.1) is 0 Å². The van der Waals surface area contributed by atoms with Crippen molar-refractivity contribution in [1.29, 1.82) is 0 Å². The molecule has 0 radical (unpaired) electrons. The van der Waals surface area contributed by atoms with E-state index in [2.05, 4.69) is 10.1 Å². The summed E-state index contributed by atoms with van der Waals surface area (Å²) in [5.74, 6) is 1.04. The van der Waals surface area contributed by atoms with E-state index < -0.39 is 6.61 Å². The molecule has 1 aliphatic rings. The van der Waals surface area contributed by atoms with Crippen molar-refractivity contribution in [2.75, 3.05) is 6.54 Å². The Balaban J connectivity index is 1.88. The summed E-state index contributed by atoms with van der Waals surface area (Å²) in [6.07, 6.45) is 3.78. The number of benzene rings is 1. The van der Waals surface area contributed by atoms with E-state index >= 15 is 0 Å². The standard InChI is InChI=1S/C13H16ClF2NO/c14-11-3-4-12(18-13(15)16)10(7-11)8-17-6-5-9-1-2-9/h3-4,7,9,13,17H,1-2,5-6,8H2. The van der Waals surface area contributed by atoms with Crippen LogP contribution in [0.2, 0.25) is 5.02 Å². The Hall–Kier alpha value is -0.870. The Kier molecular flexibility index (Phi) is 4.78. The number of hydrogen-bond acceptors (Lipinski definition) is 2. The third kappa shape index (κ3) is 4.42. The second kappa shape index (κ2) is 6.34. The topological polar surface area (TPSA) is 21.3 Å². The first-order chi connectivity index (χ1) is 8.65. The molecule has 0 saturated heterocycles. The third-order valence-corrected chi connectivity index (χ3v) is 3.22. The molecule has 1 saturated carbocycles. The molecule has 18 heavy (non-hydrogen) atoms. The highest BCUT2D eigenvalue weighted by molar-refractivity contribution is 6.30. The van der Waals surface area contributed by atoms with Gasteiger partial charge in [-0.1, -0.05) is 24.4 Å². The number of hydrogen-bond donors (Lipinski definition) is 1. The van der Waals surface area contributed by atoms with Crippen LogP contribution in [-0.4, -0.2) is 13.2 Å². The summed E-state index contributed by atoms with van der Waals surface area (Å²) in [7, 11) is 0.